The van der Waals surface area contributed by atoms with Gasteiger partial charge in [-0.05, 0) is 56.7 Å². The van der Waals surface area contributed by atoms with Crippen LogP contribution < -0.4 is 10.2 Å². The lowest BCUT2D eigenvalue weighted by atomic mass is 10.1. The number of nitrogens with zero attached hydrogens (tertiary/aromatic N) is 3. The molecule has 1 aromatic carbocycles. The average molecular weight is 397 g/mol. The van der Waals surface area contributed by atoms with E-state index in [2.05, 4.69) is 21.3 Å². The summed E-state index contributed by atoms with van der Waals surface area (Å²) in [5, 5.41) is 12.6. The summed E-state index contributed by atoms with van der Waals surface area (Å²) in [6, 6.07) is 11.9. The first-order valence-electron chi connectivity index (χ1n) is 9.26. The third kappa shape index (κ3) is 4.83. The Balaban J connectivity index is 1.64. The van der Waals surface area contributed by atoms with Crippen molar-refractivity contribution in [3.05, 3.63) is 47.2 Å². The second-order valence-electron chi connectivity index (χ2n) is 6.77. The van der Waals surface area contributed by atoms with E-state index < -0.39 is 0 Å². The summed E-state index contributed by atoms with van der Waals surface area (Å²) in [4.78, 5) is 19.3. The van der Waals surface area contributed by atoms with Gasteiger partial charge in [-0.3, -0.25) is 4.79 Å². The molecule has 0 unspecified atom stereocenters. The third-order valence-corrected chi connectivity index (χ3v) is 5.68. The SMILES string of the molecule is Cc1cc(C)c(C#N)c(S[C@@H](C)C(=O)Nc2ccc(N3CCOCC3)cc2)n1. The summed E-state index contributed by atoms with van der Waals surface area (Å²) < 4.78 is 5.38. The predicted molar refractivity (Wildman–Crippen MR) is 112 cm³/mol. The number of carbonyl (C=O) groups is 1. The van der Waals surface area contributed by atoms with Crippen molar-refractivity contribution < 1.29 is 9.53 Å². The van der Waals surface area contributed by atoms with E-state index in [0.29, 0.717) is 10.6 Å². The lowest BCUT2D eigenvalue weighted by Gasteiger charge is -2.28. The van der Waals surface area contributed by atoms with Crippen LogP contribution in [0.3, 0.4) is 0 Å². The Morgan fingerprint density at radius 3 is 2.61 bits per heavy atom. The third-order valence-electron chi connectivity index (χ3n) is 4.59. The first-order valence-corrected chi connectivity index (χ1v) is 10.1. The van der Waals surface area contributed by atoms with Gasteiger partial charge in [-0.1, -0.05) is 11.8 Å². The van der Waals surface area contributed by atoms with Crippen molar-refractivity contribution in [2.24, 2.45) is 0 Å². The number of thioether (sulfide) groups is 1. The molecule has 3 rings (SSSR count). The smallest absolute Gasteiger partial charge is 0.237 e. The number of hydrogen-bond acceptors (Lipinski definition) is 6. The van der Waals surface area contributed by atoms with E-state index in [1.807, 2.05) is 51.1 Å². The van der Waals surface area contributed by atoms with Gasteiger partial charge >= 0.3 is 0 Å². The Morgan fingerprint density at radius 2 is 1.96 bits per heavy atom. The molecule has 1 saturated heterocycles. The average Bonchev–Trinajstić information content (AvgIpc) is 2.69. The molecule has 1 amide bonds. The Bertz CT molecular complexity index is 887. The molecule has 0 bridgehead atoms. The molecule has 6 nitrogen and oxygen atoms in total. The highest BCUT2D eigenvalue weighted by Gasteiger charge is 2.19. The maximum atomic E-state index is 12.6. The number of anilines is 2. The molecule has 146 valence electrons. The van der Waals surface area contributed by atoms with Crippen molar-refractivity contribution >= 4 is 29.0 Å². The number of aromatic nitrogens is 1. The normalized spacial score (nSPS) is 15.0. The molecule has 7 heteroatoms. The minimum atomic E-state index is -0.375. The standard InChI is InChI=1S/C21H24N4O2S/c1-14-12-15(2)23-21(19(14)13-22)28-16(3)20(26)24-17-4-6-18(7-5-17)25-8-10-27-11-9-25/h4-7,12,16H,8-11H2,1-3H3,(H,24,26)/t16-/m0/s1. The van der Waals surface area contributed by atoms with E-state index in [1.165, 1.54) is 11.8 Å². The number of amides is 1. The summed E-state index contributed by atoms with van der Waals surface area (Å²) in [6.07, 6.45) is 0. The molecular weight excluding hydrogens is 372 g/mol. The lowest BCUT2D eigenvalue weighted by Crippen LogP contribution is -2.36. The van der Waals surface area contributed by atoms with Gasteiger partial charge in [-0.25, -0.2) is 4.98 Å². The number of nitriles is 1. The van der Waals surface area contributed by atoms with Crippen molar-refractivity contribution in [1.82, 2.24) is 4.98 Å². The number of morpholine rings is 1. The highest BCUT2D eigenvalue weighted by molar-refractivity contribution is 8.00. The fraction of sp³-hybridized carbons (Fsp3) is 0.381. The largest absolute Gasteiger partial charge is 0.378 e. The second kappa shape index (κ2) is 9.09. The number of aryl methyl sites for hydroxylation is 2. The molecule has 28 heavy (non-hydrogen) atoms. The topological polar surface area (TPSA) is 78.2 Å². The highest BCUT2D eigenvalue weighted by atomic mass is 32.2. The van der Waals surface area contributed by atoms with E-state index in [1.54, 1.807) is 0 Å². The zero-order valence-corrected chi connectivity index (χ0v) is 17.2. The van der Waals surface area contributed by atoms with Gasteiger partial charge in [-0.2, -0.15) is 5.26 Å². The molecule has 1 atom stereocenters. The van der Waals surface area contributed by atoms with Gasteiger partial charge in [0.1, 0.15) is 11.1 Å². The Labute approximate surface area is 169 Å². The fourth-order valence-electron chi connectivity index (χ4n) is 3.07. The summed E-state index contributed by atoms with van der Waals surface area (Å²) >= 11 is 1.31. The molecule has 1 aromatic heterocycles. The van der Waals surface area contributed by atoms with Crippen LogP contribution in [0, 0.1) is 25.2 Å². The van der Waals surface area contributed by atoms with Crippen LogP contribution in [0.15, 0.2) is 35.4 Å². The van der Waals surface area contributed by atoms with E-state index >= 15 is 0 Å². The summed E-state index contributed by atoms with van der Waals surface area (Å²) in [7, 11) is 0. The fourth-order valence-corrected chi connectivity index (χ4v) is 4.09. The lowest BCUT2D eigenvalue weighted by molar-refractivity contribution is -0.115. The molecule has 1 N–H and O–H groups in total. The minimum Gasteiger partial charge on any atom is -0.378 e. The summed E-state index contributed by atoms with van der Waals surface area (Å²) in [6.45, 7) is 8.83. The van der Waals surface area contributed by atoms with Gasteiger partial charge in [0.25, 0.3) is 0 Å². The monoisotopic (exact) mass is 396 g/mol. The van der Waals surface area contributed by atoms with Crippen molar-refractivity contribution in [2.75, 3.05) is 36.5 Å². The van der Waals surface area contributed by atoms with Crippen molar-refractivity contribution in [1.29, 1.82) is 5.26 Å². The Morgan fingerprint density at radius 1 is 1.29 bits per heavy atom. The zero-order valence-electron chi connectivity index (χ0n) is 16.4. The second-order valence-corrected chi connectivity index (χ2v) is 8.10. The first-order chi connectivity index (χ1) is 13.5. The van der Waals surface area contributed by atoms with Gasteiger partial charge in [0.05, 0.1) is 24.0 Å². The molecule has 1 fully saturated rings. The molecule has 0 spiro atoms. The van der Waals surface area contributed by atoms with Crippen molar-refractivity contribution in [3.8, 4) is 6.07 Å². The van der Waals surface area contributed by atoms with Crippen LogP contribution in [0.4, 0.5) is 11.4 Å². The van der Waals surface area contributed by atoms with Gasteiger partial charge < -0.3 is 15.0 Å². The van der Waals surface area contributed by atoms with Crippen molar-refractivity contribution in [3.63, 3.8) is 0 Å². The number of pyridine rings is 1. The highest BCUT2D eigenvalue weighted by Crippen LogP contribution is 2.28. The number of benzene rings is 1. The molecule has 1 aliphatic heterocycles. The molecule has 0 radical (unpaired) electrons. The van der Waals surface area contributed by atoms with Crippen molar-refractivity contribution in [2.45, 2.75) is 31.0 Å². The molecule has 2 heterocycles. The maximum absolute atomic E-state index is 12.6. The van der Waals surface area contributed by atoms with Gasteiger partial charge in [-0.15, -0.1) is 0 Å². The van der Waals surface area contributed by atoms with Crippen LogP contribution in [0.5, 0.6) is 0 Å². The Hall–Kier alpha value is -2.56. The number of ether oxygens (including phenoxy) is 1. The molecule has 2 aromatic rings. The van der Waals surface area contributed by atoms with Crippen LogP contribution in [0.1, 0.15) is 23.7 Å². The van der Waals surface area contributed by atoms with Crippen LogP contribution >= 0.6 is 11.8 Å². The maximum Gasteiger partial charge on any atom is 0.237 e. The number of carbonyl (C=O) groups excluding carboxylic acids is 1. The number of nitrogens with one attached hydrogen (secondary N) is 1. The van der Waals surface area contributed by atoms with Crippen LogP contribution in [-0.2, 0) is 9.53 Å². The van der Waals surface area contributed by atoms with E-state index in [4.69, 9.17) is 4.74 Å². The predicted octanol–water partition coefficient (Wildman–Crippen LogP) is 3.53. The van der Waals surface area contributed by atoms with Gasteiger partial charge in [0.2, 0.25) is 5.91 Å². The number of hydrogen-bond donors (Lipinski definition) is 1. The summed E-state index contributed by atoms with van der Waals surface area (Å²) in [5.41, 5.74) is 4.13. The number of rotatable bonds is 5. The quantitative estimate of drug-likeness (QED) is 0.779. The molecule has 0 aliphatic carbocycles. The minimum absolute atomic E-state index is 0.117. The Kier molecular flexibility index (Phi) is 6.55. The van der Waals surface area contributed by atoms with Crippen LogP contribution in [0.2, 0.25) is 0 Å². The molecule has 0 saturated carbocycles. The van der Waals surface area contributed by atoms with Crippen LogP contribution in [0.25, 0.3) is 0 Å². The van der Waals surface area contributed by atoms with Crippen LogP contribution in [-0.4, -0.2) is 42.4 Å². The molecular formula is C21H24N4O2S. The van der Waals surface area contributed by atoms with E-state index in [-0.39, 0.29) is 11.2 Å². The first kappa shape index (κ1) is 20.2. The van der Waals surface area contributed by atoms with E-state index in [9.17, 15) is 10.1 Å². The van der Waals surface area contributed by atoms with Gasteiger partial charge in [0.15, 0.2) is 0 Å². The molecule has 1 aliphatic rings. The summed E-state index contributed by atoms with van der Waals surface area (Å²) in [5.74, 6) is -0.117. The van der Waals surface area contributed by atoms with Gasteiger partial charge in [0, 0.05) is 30.2 Å². The van der Waals surface area contributed by atoms with E-state index in [0.717, 1.165) is 48.9 Å². The zero-order chi connectivity index (χ0) is 20.1.